The van der Waals surface area contributed by atoms with Crippen LogP contribution in [0, 0.1) is 0 Å². The second-order valence-electron chi connectivity index (χ2n) is 14.5. The lowest BCUT2D eigenvalue weighted by Gasteiger charge is -2.23. The molecule has 2 aliphatic rings. The summed E-state index contributed by atoms with van der Waals surface area (Å²) in [5.74, 6) is 0. The largest absolute Gasteiger partial charge is 0.354 e. The normalized spacial score (nSPS) is 12.2. The molecule has 0 fully saturated rings. The van der Waals surface area contributed by atoms with Gasteiger partial charge in [0, 0.05) is 51.8 Å². The van der Waals surface area contributed by atoms with Gasteiger partial charge < -0.3 is 21.3 Å². The second kappa shape index (κ2) is 15.3. The minimum absolute atomic E-state index is 1.03. The van der Waals surface area contributed by atoms with Crippen LogP contribution in [0.3, 0.4) is 0 Å². The Kier molecular flexibility index (Phi) is 9.19. The zero-order valence-electron chi connectivity index (χ0n) is 31.7. The van der Waals surface area contributed by atoms with Crippen LogP contribution in [0.25, 0.3) is 43.1 Å². The number of para-hydroxylation sites is 4. The van der Waals surface area contributed by atoms with Crippen LogP contribution in [0.4, 0.5) is 45.5 Å². The molecule has 0 bridgehead atoms. The molecule has 0 atom stereocenters. The Balaban J connectivity index is 0.963. The van der Waals surface area contributed by atoms with Crippen molar-refractivity contribution < 1.29 is 0 Å². The third-order valence-corrected chi connectivity index (χ3v) is 14.2. The Bertz CT molecular complexity index is 2980. The topological polar surface area (TPSA) is 48.1 Å². The van der Waals surface area contributed by atoms with Crippen LogP contribution in [0.1, 0.15) is 0 Å². The monoisotopic (exact) mass is 812 g/mol. The SMILES string of the molecule is c1ccc(-c2sc(-c3ccc(Nc4cccc5c4Nc4ccccc4S5)cc3)c(-c3ccc(Nc4cccc5c4Nc4ccccc4S5)cc3)c2-c2ccccc2)cc1. The Morgan fingerprint density at radius 3 is 1.22 bits per heavy atom. The fourth-order valence-electron chi connectivity index (χ4n) is 7.84. The molecule has 0 aliphatic carbocycles. The van der Waals surface area contributed by atoms with E-state index in [1.807, 2.05) is 11.3 Å². The van der Waals surface area contributed by atoms with E-state index < -0.39 is 0 Å². The maximum absolute atomic E-state index is 3.73. The van der Waals surface area contributed by atoms with Crippen molar-refractivity contribution in [3.8, 4) is 43.1 Å². The van der Waals surface area contributed by atoms with Crippen LogP contribution in [0.5, 0.6) is 0 Å². The first kappa shape index (κ1) is 35.5. The molecule has 1 aromatic heterocycles. The molecule has 9 aromatic rings. The fraction of sp³-hybridized carbons (Fsp3) is 0. The molecular formula is C52H36N4S3. The average molecular weight is 813 g/mol. The van der Waals surface area contributed by atoms with Crippen LogP contribution in [-0.2, 0) is 0 Å². The summed E-state index contributed by atoms with van der Waals surface area (Å²) in [5, 5.41) is 14.8. The summed E-state index contributed by atoms with van der Waals surface area (Å²) in [6, 6.07) is 69.3. The first-order chi connectivity index (χ1) is 29.2. The van der Waals surface area contributed by atoms with E-state index in [-0.39, 0.29) is 0 Å². The Labute approximate surface area is 356 Å². The van der Waals surface area contributed by atoms with E-state index in [9.17, 15) is 0 Å². The first-order valence-corrected chi connectivity index (χ1v) is 22.0. The lowest BCUT2D eigenvalue weighted by Crippen LogP contribution is -2.03. The van der Waals surface area contributed by atoms with Crippen molar-refractivity contribution in [1.29, 1.82) is 0 Å². The summed E-state index contributed by atoms with van der Waals surface area (Å²) in [7, 11) is 0. The molecule has 0 saturated heterocycles. The molecule has 3 heterocycles. The van der Waals surface area contributed by atoms with Gasteiger partial charge in [-0.2, -0.15) is 0 Å². The number of anilines is 8. The highest BCUT2D eigenvalue weighted by Gasteiger charge is 2.24. The highest BCUT2D eigenvalue weighted by atomic mass is 32.2. The molecule has 0 saturated carbocycles. The van der Waals surface area contributed by atoms with E-state index in [0.717, 1.165) is 45.5 Å². The van der Waals surface area contributed by atoms with E-state index >= 15 is 0 Å². The average Bonchev–Trinajstić information content (AvgIpc) is 3.70. The number of hydrogen-bond donors (Lipinski definition) is 4. The number of hydrogen-bond acceptors (Lipinski definition) is 7. The number of nitrogens with one attached hydrogen (secondary N) is 4. The predicted octanol–water partition coefficient (Wildman–Crippen LogP) is 16.3. The van der Waals surface area contributed by atoms with Gasteiger partial charge in [0.2, 0.25) is 0 Å². The van der Waals surface area contributed by atoms with Gasteiger partial charge in [0.05, 0.1) is 34.1 Å². The van der Waals surface area contributed by atoms with Crippen molar-refractivity contribution in [1.82, 2.24) is 0 Å². The molecule has 0 unspecified atom stereocenters. The molecule has 0 radical (unpaired) electrons. The predicted molar refractivity (Wildman–Crippen MR) is 253 cm³/mol. The van der Waals surface area contributed by atoms with Crippen LogP contribution < -0.4 is 21.3 Å². The summed E-state index contributed by atoms with van der Waals surface area (Å²) in [6.45, 7) is 0. The van der Waals surface area contributed by atoms with Gasteiger partial charge in [-0.1, -0.05) is 145 Å². The van der Waals surface area contributed by atoms with Gasteiger partial charge in [-0.25, -0.2) is 0 Å². The molecule has 282 valence electrons. The second-order valence-corrected chi connectivity index (χ2v) is 17.6. The Morgan fingerprint density at radius 1 is 0.322 bits per heavy atom. The van der Waals surface area contributed by atoms with Gasteiger partial charge in [0.15, 0.2) is 0 Å². The van der Waals surface area contributed by atoms with Crippen LogP contribution in [0.15, 0.2) is 214 Å². The Morgan fingerprint density at radius 2 is 0.712 bits per heavy atom. The van der Waals surface area contributed by atoms with Crippen molar-refractivity contribution in [3.05, 3.63) is 194 Å². The van der Waals surface area contributed by atoms with Crippen molar-refractivity contribution in [3.63, 3.8) is 0 Å². The number of thiophene rings is 1. The minimum Gasteiger partial charge on any atom is -0.354 e. The molecule has 4 nitrogen and oxygen atoms in total. The van der Waals surface area contributed by atoms with Crippen LogP contribution >= 0.6 is 34.9 Å². The third kappa shape index (κ3) is 6.83. The third-order valence-electron chi connectivity index (χ3n) is 10.7. The minimum atomic E-state index is 1.03. The molecule has 59 heavy (non-hydrogen) atoms. The lowest BCUT2D eigenvalue weighted by molar-refractivity contribution is 1.31. The van der Waals surface area contributed by atoms with E-state index in [4.69, 9.17) is 0 Å². The van der Waals surface area contributed by atoms with Gasteiger partial charge in [0.25, 0.3) is 0 Å². The molecule has 0 amide bonds. The summed E-state index contributed by atoms with van der Waals surface area (Å²) in [6.07, 6.45) is 0. The van der Waals surface area contributed by atoms with Crippen molar-refractivity contribution >= 4 is 80.4 Å². The molecule has 0 spiro atoms. The highest BCUT2D eigenvalue weighted by molar-refractivity contribution is 8.00. The summed E-state index contributed by atoms with van der Waals surface area (Å²) < 4.78 is 0. The number of fused-ring (bicyclic) bond motifs is 4. The maximum Gasteiger partial charge on any atom is 0.0765 e. The van der Waals surface area contributed by atoms with Crippen LogP contribution in [-0.4, -0.2) is 0 Å². The van der Waals surface area contributed by atoms with Crippen molar-refractivity contribution in [2.45, 2.75) is 19.6 Å². The summed E-state index contributed by atoms with van der Waals surface area (Å²) in [4.78, 5) is 7.38. The van der Waals surface area contributed by atoms with E-state index in [0.29, 0.717) is 0 Å². The smallest absolute Gasteiger partial charge is 0.0765 e. The van der Waals surface area contributed by atoms with Crippen molar-refractivity contribution in [2.24, 2.45) is 0 Å². The molecular weight excluding hydrogens is 777 g/mol. The molecule has 11 rings (SSSR count). The maximum atomic E-state index is 3.73. The van der Waals surface area contributed by atoms with Gasteiger partial charge >= 0.3 is 0 Å². The summed E-state index contributed by atoms with van der Waals surface area (Å²) >= 11 is 5.46. The fourth-order valence-corrected chi connectivity index (χ4v) is 11.2. The van der Waals surface area contributed by atoms with Gasteiger partial charge in [-0.3, -0.25) is 0 Å². The lowest BCUT2D eigenvalue weighted by atomic mass is 9.91. The molecule has 7 heteroatoms. The number of rotatable bonds is 8. The van der Waals surface area contributed by atoms with E-state index in [2.05, 4.69) is 215 Å². The standard InChI is InChI=1S/C52H36N4S3/c1-3-13-33(14-4-1)47-48(34-25-29-37(30-26-34)53-41-19-11-23-45-49(41)55-39-17-7-9-21-43(39)57-45)52(59-51(47)35-15-5-2-6-16-35)36-27-31-38(32-28-36)54-42-20-12-24-46-50(42)56-40-18-8-10-22-44(40)58-46/h1-32,53-56H. The van der Waals surface area contributed by atoms with Gasteiger partial charge in [0.1, 0.15) is 0 Å². The molecule has 4 N–H and O–H groups in total. The first-order valence-electron chi connectivity index (χ1n) is 19.6. The highest BCUT2D eigenvalue weighted by Crippen LogP contribution is 2.53. The van der Waals surface area contributed by atoms with E-state index in [1.54, 1.807) is 23.5 Å². The Hall–Kier alpha value is -6.64. The van der Waals surface area contributed by atoms with Crippen molar-refractivity contribution in [2.75, 3.05) is 21.3 Å². The van der Waals surface area contributed by atoms with Gasteiger partial charge in [-0.15, -0.1) is 11.3 Å². The van der Waals surface area contributed by atoms with Gasteiger partial charge in [-0.05, 0) is 95.1 Å². The van der Waals surface area contributed by atoms with Crippen LogP contribution in [0.2, 0.25) is 0 Å². The zero-order valence-corrected chi connectivity index (χ0v) is 34.1. The quantitative estimate of drug-likeness (QED) is 0.123. The molecule has 2 aliphatic heterocycles. The number of benzene rings is 8. The molecule has 8 aromatic carbocycles. The zero-order chi connectivity index (χ0) is 39.1. The summed E-state index contributed by atoms with van der Waals surface area (Å²) in [5.41, 5.74) is 15.9. The van der Waals surface area contributed by atoms with E-state index in [1.165, 1.54) is 62.7 Å².